The number of fused-ring (bicyclic) bond motifs is 1. The molecule has 0 N–H and O–H groups in total. The highest BCUT2D eigenvalue weighted by Crippen LogP contribution is 2.39. The Labute approximate surface area is 174 Å². The first-order valence-corrected chi connectivity index (χ1v) is 10.1. The topological polar surface area (TPSA) is 29.6 Å². The number of benzene rings is 2. The van der Waals surface area contributed by atoms with Crippen LogP contribution in [0.3, 0.4) is 0 Å². The van der Waals surface area contributed by atoms with Crippen molar-refractivity contribution in [3.05, 3.63) is 64.2 Å². The van der Waals surface area contributed by atoms with E-state index in [9.17, 15) is 0 Å². The molecule has 1 aliphatic heterocycles. The van der Waals surface area contributed by atoms with E-state index in [2.05, 4.69) is 65.0 Å². The van der Waals surface area contributed by atoms with Crippen LogP contribution in [0, 0.1) is 20.8 Å². The number of aromatic nitrogens is 1. The molecule has 144 valence electrons. The number of nitrogens with zero attached hydrogens (tertiary/aromatic N) is 3. The Morgan fingerprint density at radius 3 is 2.17 bits per heavy atom. The van der Waals surface area contributed by atoms with Crippen LogP contribution in [0.2, 0.25) is 0 Å². The Morgan fingerprint density at radius 2 is 1.59 bits per heavy atom. The van der Waals surface area contributed by atoms with E-state index in [0.29, 0.717) is 0 Å². The second kappa shape index (κ2) is 7.18. The average Bonchev–Trinajstić information content (AvgIpc) is 3.12. The summed E-state index contributed by atoms with van der Waals surface area (Å²) in [5.74, 6) is 1.51. The first-order chi connectivity index (χ1) is 13.8. The molecule has 3 nitrogen and oxygen atoms in total. The van der Waals surface area contributed by atoms with E-state index in [1.165, 1.54) is 22.3 Å². The van der Waals surface area contributed by atoms with Crippen molar-refractivity contribution in [2.45, 2.75) is 48.0 Å². The van der Waals surface area contributed by atoms with Gasteiger partial charge in [-0.1, -0.05) is 31.2 Å². The molecule has 2 heterocycles. The van der Waals surface area contributed by atoms with Gasteiger partial charge in [0.25, 0.3) is 0 Å². The minimum atomic E-state index is 0.745. The maximum atomic E-state index is 6.66. The predicted octanol–water partition coefficient (Wildman–Crippen LogP) is 6.40. The molecule has 0 bridgehead atoms. The monoisotopic (exact) mass is 379 g/mol. The van der Waals surface area contributed by atoms with Crippen molar-refractivity contribution in [1.29, 1.82) is 0 Å². The minimum Gasteiger partial charge on any atom is -0.381 e. The molecular weight excluding hydrogens is 353 g/mol. The number of allylic oxidation sites excluding steroid dienone is 1. The molecule has 1 aromatic heterocycles. The SMILES string of the molecule is [B]n1c(/N=C2\N=C(C)C(CC)=C2C)c2ccccc2c1-c1cc(C)c(C)c(C)c1. The fourth-order valence-electron chi connectivity index (χ4n) is 4.28. The summed E-state index contributed by atoms with van der Waals surface area (Å²) >= 11 is 0. The van der Waals surface area contributed by atoms with E-state index in [-0.39, 0.29) is 0 Å². The molecule has 29 heavy (non-hydrogen) atoms. The fourth-order valence-corrected chi connectivity index (χ4v) is 4.28. The van der Waals surface area contributed by atoms with Gasteiger partial charge >= 0.3 is 0 Å². The van der Waals surface area contributed by atoms with Gasteiger partial charge in [0.1, 0.15) is 5.82 Å². The number of rotatable bonds is 3. The van der Waals surface area contributed by atoms with Gasteiger partial charge in [-0.3, -0.25) is 0 Å². The van der Waals surface area contributed by atoms with Gasteiger partial charge in [-0.05, 0) is 86.6 Å². The van der Waals surface area contributed by atoms with Crippen LogP contribution >= 0.6 is 0 Å². The molecule has 0 unspecified atom stereocenters. The van der Waals surface area contributed by atoms with Gasteiger partial charge in [0.15, 0.2) is 5.84 Å². The minimum absolute atomic E-state index is 0.745. The second-order valence-corrected chi connectivity index (χ2v) is 7.91. The standard InChI is InChI=1S/C25H26BN3/c1-7-20-17(5)24(27-18(20)6)28-25-22-11-9-8-10-21(22)23(29(25)26)19-12-14(2)16(4)15(3)13-19/h8-13H,7H2,1-6H3/b28-24-. The molecule has 0 fully saturated rings. The van der Waals surface area contributed by atoms with E-state index in [4.69, 9.17) is 18.0 Å². The predicted molar refractivity (Wildman–Crippen MR) is 126 cm³/mol. The normalized spacial score (nSPS) is 15.7. The van der Waals surface area contributed by atoms with Gasteiger partial charge in [0.2, 0.25) is 7.98 Å². The third-order valence-electron chi connectivity index (χ3n) is 6.16. The summed E-state index contributed by atoms with van der Waals surface area (Å²) in [6.07, 6.45) is 0.956. The van der Waals surface area contributed by atoms with Crippen molar-refractivity contribution >= 4 is 36.1 Å². The molecule has 0 spiro atoms. The zero-order chi connectivity index (χ0) is 20.9. The van der Waals surface area contributed by atoms with E-state index >= 15 is 0 Å². The molecule has 0 atom stereocenters. The van der Waals surface area contributed by atoms with Crippen molar-refractivity contribution in [2.75, 3.05) is 0 Å². The summed E-state index contributed by atoms with van der Waals surface area (Å²) in [5.41, 5.74) is 9.41. The Kier molecular flexibility index (Phi) is 4.81. The zero-order valence-corrected chi connectivity index (χ0v) is 18.1. The lowest BCUT2D eigenvalue weighted by Gasteiger charge is -2.12. The van der Waals surface area contributed by atoms with Crippen LogP contribution in [0.5, 0.6) is 0 Å². The molecule has 2 radical (unpaired) electrons. The molecule has 2 aromatic carbocycles. The van der Waals surface area contributed by atoms with Gasteiger partial charge < -0.3 is 4.48 Å². The van der Waals surface area contributed by atoms with Crippen LogP contribution in [-0.4, -0.2) is 24.0 Å². The fraction of sp³-hybridized carbons (Fsp3) is 0.280. The van der Waals surface area contributed by atoms with E-state index in [1.54, 1.807) is 4.48 Å². The maximum absolute atomic E-state index is 6.66. The van der Waals surface area contributed by atoms with Crippen molar-refractivity contribution in [3.63, 3.8) is 0 Å². The molecule has 0 aliphatic carbocycles. The van der Waals surface area contributed by atoms with Crippen molar-refractivity contribution in [1.82, 2.24) is 4.48 Å². The molecule has 4 heteroatoms. The lowest BCUT2D eigenvalue weighted by atomic mass is 9.97. The maximum Gasteiger partial charge on any atom is 0.236 e. The Balaban J connectivity index is 1.99. The lowest BCUT2D eigenvalue weighted by molar-refractivity contribution is 1.15. The Morgan fingerprint density at radius 1 is 0.966 bits per heavy atom. The number of hydrogen-bond donors (Lipinski definition) is 0. The Hall–Kier alpha value is -2.88. The first kappa shape index (κ1) is 19.4. The smallest absolute Gasteiger partial charge is 0.236 e. The third-order valence-corrected chi connectivity index (χ3v) is 6.16. The van der Waals surface area contributed by atoms with Crippen LogP contribution in [0.15, 0.2) is 57.5 Å². The van der Waals surface area contributed by atoms with Crippen LogP contribution in [-0.2, 0) is 0 Å². The summed E-state index contributed by atoms with van der Waals surface area (Å²) in [5, 5.41) is 2.15. The van der Waals surface area contributed by atoms with Crippen LogP contribution < -0.4 is 0 Å². The highest BCUT2D eigenvalue weighted by Gasteiger charge is 2.20. The molecule has 1 aliphatic rings. The van der Waals surface area contributed by atoms with Crippen LogP contribution in [0.1, 0.15) is 43.9 Å². The van der Waals surface area contributed by atoms with Crippen molar-refractivity contribution < 1.29 is 0 Å². The zero-order valence-electron chi connectivity index (χ0n) is 18.1. The van der Waals surface area contributed by atoms with Gasteiger partial charge in [-0.25, -0.2) is 9.98 Å². The van der Waals surface area contributed by atoms with Gasteiger partial charge in [0, 0.05) is 22.2 Å². The molecular formula is C25H26BN3. The van der Waals surface area contributed by atoms with E-state index in [1.807, 2.05) is 13.0 Å². The largest absolute Gasteiger partial charge is 0.381 e. The summed E-state index contributed by atoms with van der Waals surface area (Å²) < 4.78 is 1.73. The van der Waals surface area contributed by atoms with Gasteiger partial charge in [-0.2, -0.15) is 0 Å². The summed E-state index contributed by atoms with van der Waals surface area (Å²) in [4.78, 5) is 9.64. The molecule has 4 rings (SSSR count). The number of aryl methyl sites for hydroxylation is 2. The quantitative estimate of drug-likeness (QED) is 0.472. The molecule has 0 saturated heterocycles. The number of amidine groups is 1. The van der Waals surface area contributed by atoms with Crippen molar-refractivity contribution in [3.8, 4) is 11.3 Å². The first-order valence-electron chi connectivity index (χ1n) is 10.1. The van der Waals surface area contributed by atoms with E-state index in [0.717, 1.165) is 51.4 Å². The molecule has 0 saturated carbocycles. The summed E-state index contributed by atoms with van der Waals surface area (Å²) in [7, 11) is 6.66. The average molecular weight is 379 g/mol. The molecule has 0 amide bonds. The number of aliphatic imine (C=N–C) groups is 2. The summed E-state index contributed by atoms with van der Waals surface area (Å²) in [6, 6.07) is 12.7. The van der Waals surface area contributed by atoms with E-state index < -0.39 is 0 Å². The van der Waals surface area contributed by atoms with Gasteiger partial charge in [-0.15, -0.1) is 0 Å². The van der Waals surface area contributed by atoms with Crippen molar-refractivity contribution in [2.24, 2.45) is 9.98 Å². The summed E-state index contributed by atoms with van der Waals surface area (Å²) in [6.45, 7) is 12.8. The third kappa shape index (κ3) is 3.07. The highest BCUT2D eigenvalue weighted by molar-refractivity contribution is 6.23. The van der Waals surface area contributed by atoms with Crippen LogP contribution in [0.25, 0.3) is 22.0 Å². The number of hydrogen-bond acceptors (Lipinski definition) is 1. The second-order valence-electron chi connectivity index (χ2n) is 7.91. The lowest BCUT2D eigenvalue weighted by Crippen LogP contribution is -1.98. The van der Waals surface area contributed by atoms with Crippen LogP contribution in [0.4, 0.5) is 5.82 Å². The Bertz CT molecular complexity index is 1220. The highest BCUT2D eigenvalue weighted by atomic mass is 15.1. The molecule has 3 aromatic rings. The van der Waals surface area contributed by atoms with Gasteiger partial charge in [0.05, 0.1) is 0 Å².